The topological polar surface area (TPSA) is 32.6 Å². The van der Waals surface area contributed by atoms with Gasteiger partial charge in [-0.15, -0.1) is 0 Å². The van der Waals surface area contributed by atoms with Gasteiger partial charge in [0.25, 0.3) is 0 Å². The first kappa shape index (κ1) is 15.0. The maximum Gasteiger partial charge on any atom is 0.175 e. The molecule has 1 rings (SSSR count). The highest BCUT2D eigenvalue weighted by molar-refractivity contribution is 6.69. The summed E-state index contributed by atoms with van der Waals surface area (Å²) < 4.78 is 0. The van der Waals surface area contributed by atoms with E-state index in [0.29, 0.717) is 0 Å². The van der Waals surface area contributed by atoms with E-state index in [4.69, 9.17) is 16.8 Å². The Morgan fingerprint density at radius 3 is 1.61 bits per heavy atom. The van der Waals surface area contributed by atoms with Crippen LogP contribution in [-0.4, -0.2) is 10.4 Å². The normalized spacial score (nSPS) is 13.8. The summed E-state index contributed by atoms with van der Waals surface area (Å²) in [6, 6.07) is 6.17. The highest BCUT2D eigenvalue weighted by Crippen LogP contribution is 2.30. The van der Waals surface area contributed by atoms with E-state index in [2.05, 4.69) is 52.8 Å². The molecule has 0 saturated heterocycles. The zero-order chi connectivity index (χ0) is 14.1. The van der Waals surface area contributed by atoms with E-state index >= 15 is 0 Å². The van der Waals surface area contributed by atoms with Crippen LogP contribution in [0.15, 0.2) is 23.4 Å². The standard InChI is InChI=1S/C15H22ClNO/c1-14(2,3)11-7-10(13(16)17-18)8-12(9-11)15(4,5)6/h7-9,18H,1-6H3. The van der Waals surface area contributed by atoms with Crippen LogP contribution in [0.5, 0.6) is 0 Å². The van der Waals surface area contributed by atoms with Crippen molar-refractivity contribution in [1.82, 2.24) is 0 Å². The number of nitrogens with zero attached hydrogens (tertiary/aromatic N) is 1. The summed E-state index contributed by atoms with van der Waals surface area (Å²) in [5, 5.41) is 12.0. The molecule has 1 N–H and O–H groups in total. The molecule has 1 aromatic carbocycles. The third-order valence-electron chi connectivity index (χ3n) is 2.99. The number of benzene rings is 1. The van der Waals surface area contributed by atoms with Gasteiger partial charge in [-0.05, 0) is 34.1 Å². The maximum absolute atomic E-state index is 8.83. The maximum atomic E-state index is 8.83. The van der Waals surface area contributed by atoms with E-state index in [1.165, 1.54) is 11.1 Å². The molecule has 0 amide bonds. The fraction of sp³-hybridized carbons (Fsp3) is 0.533. The minimum Gasteiger partial charge on any atom is -0.410 e. The Labute approximate surface area is 115 Å². The molecule has 0 unspecified atom stereocenters. The van der Waals surface area contributed by atoms with Crippen molar-refractivity contribution in [3.05, 3.63) is 34.9 Å². The van der Waals surface area contributed by atoms with E-state index in [1.807, 2.05) is 12.1 Å². The van der Waals surface area contributed by atoms with E-state index < -0.39 is 0 Å². The number of hydrogen-bond acceptors (Lipinski definition) is 2. The smallest absolute Gasteiger partial charge is 0.175 e. The predicted octanol–water partition coefficient (Wildman–Crippen LogP) is 4.66. The lowest BCUT2D eigenvalue weighted by atomic mass is 9.79. The van der Waals surface area contributed by atoms with Crippen LogP contribution in [0.3, 0.4) is 0 Å². The molecular weight excluding hydrogens is 246 g/mol. The van der Waals surface area contributed by atoms with Crippen molar-refractivity contribution >= 4 is 16.8 Å². The third kappa shape index (κ3) is 3.49. The number of rotatable bonds is 1. The van der Waals surface area contributed by atoms with Gasteiger partial charge in [0.15, 0.2) is 5.17 Å². The van der Waals surface area contributed by atoms with Crippen LogP contribution in [0, 0.1) is 0 Å². The molecule has 2 nitrogen and oxygen atoms in total. The van der Waals surface area contributed by atoms with Gasteiger partial charge < -0.3 is 5.21 Å². The van der Waals surface area contributed by atoms with Gasteiger partial charge in [-0.3, -0.25) is 0 Å². The van der Waals surface area contributed by atoms with Crippen molar-refractivity contribution < 1.29 is 5.21 Å². The molecule has 0 atom stereocenters. The van der Waals surface area contributed by atoms with Gasteiger partial charge in [0.2, 0.25) is 0 Å². The Morgan fingerprint density at radius 2 is 1.33 bits per heavy atom. The molecule has 0 fully saturated rings. The van der Waals surface area contributed by atoms with Crippen molar-refractivity contribution in [3.8, 4) is 0 Å². The molecule has 0 aromatic heterocycles. The minimum atomic E-state index is 0.0304. The lowest BCUT2D eigenvalue weighted by molar-refractivity contribution is 0.321. The summed E-state index contributed by atoms with van der Waals surface area (Å²) in [5.74, 6) is 0. The van der Waals surface area contributed by atoms with E-state index in [9.17, 15) is 0 Å². The van der Waals surface area contributed by atoms with Crippen LogP contribution in [0.4, 0.5) is 0 Å². The highest BCUT2D eigenvalue weighted by Gasteiger charge is 2.21. The second-order valence-electron chi connectivity index (χ2n) is 6.69. The quantitative estimate of drug-likeness (QED) is 0.448. The monoisotopic (exact) mass is 267 g/mol. The Morgan fingerprint density at radius 1 is 0.944 bits per heavy atom. The molecule has 0 aliphatic carbocycles. The molecule has 18 heavy (non-hydrogen) atoms. The average Bonchev–Trinajstić information content (AvgIpc) is 2.25. The third-order valence-corrected chi connectivity index (χ3v) is 3.28. The van der Waals surface area contributed by atoms with E-state index in [-0.39, 0.29) is 16.0 Å². The van der Waals surface area contributed by atoms with Crippen molar-refractivity contribution in [2.45, 2.75) is 52.4 Å². The lowest BCUT2D eigenvalue weighted by Gasteiger charge is -2.25. The van der Waals surface area contributed by atoms with Crippen molar-refractivity contribution in [2.24, 2.45) is 5.16 Å². The van der Waals surface area contributed by atoms with Crippen LogP contribution in [0.1, 0.15) is 58.2 Å². The number of hydrogen-bond donors (Lipinski definition) is 1. The lowest BCUT2D eigenvalue weighted by Crippen LogP contribution is -2.17. The predicted molar refractivity (Wildman–Crippen MR) is 78.0 cm³/mol. The van der Waals surface area contributed by atoms with Gasteiger partial charge in [0.1, 0.15) is 0 Å². The summed E-state index contributed by atoms with van der Waals surface area (Å²) in [4.78, 5) is 0. The molecule has 0 aliphatic heterocycles. The fourth-order valence-corrected chi connectivity index (χ4v) is 1.78. The first-order valence-corrected chi connectivity index (χ1v) is 6.47. The Kier molecular flexibility index (Phi) is 4.12. The SMILES string of the molecule is CC(C)(C)c1cc(C(Cl)=NO)cc(C(C)(C)C)c1. The van der Waals surface area contributed by atoms with E-state index in [0.717, 1.165) is 5.56 Å². The van der Waals surface area contributed by atoms with Gasteiger partial charge in [0, 0.05) is 5.56 Å². The van der Waals surface area contributed by atoms with Crippen LogP contribution < -0.4 is 0 Å². The average molecular weight is 268 g/mol. The van der Waals surface area contributed by atoms with Crippen molar-refractivity contribution in [2.75, 3.05) is 0 Å². The van der Waals surface area contributed by atoms with Gasteiger partial charge in [-0.25, -0.2) is 0 Å². The Bertz CT molecular complexity index is 432. The molecule has 0 radical (unpaired) electrons. The molecule has 0 aliphatic rings. The Hall–Kier alpha value is -1.02. The van der Waals surface area contributed by atoms with Crippen molar-refractivity contribution in [1.29, 1.82) is 0 Å². The second-order valence-corrected chi connectivity index (χ2v) is 7.05. The zero-order valence-corrected chi connectivity index (χ0v) is 12.8. The summed E-state index contributed by atoms with van der Waals surface area (Å²) in [6.07, 6.45) is 0. The molecule has 0 spiro atoms. The number of halogens is 1. The molecular formula is C15H22ClNO. The molecule has 1 aromatic rings. The van der Waals surface area contributed by atoms with Crippen LogP contribution in [-0.2, 0) is 10.8 Å². The van der Waals surface area contributed by atoms with Gasteiger partial charge in [-0.1, -0.05) is 64.4 Å². The van der Waals surface area contributed by atoms with E-state index in [1.54, 1.807) is 0 Å². The molecule has 3 heteroatoms. The minimum absolute atomic E-state index is 0.0304. The molecule has 0 heterocycles. The second kappa shape index (κ2) is 4.93. The summed E-state index contributed by atoms with van der Waals surface area (Å²) in [6.45, 7) is 12.9. The highest BCUT2D eigenvalue weighted by atomic mass is 35.5. The summed E-state index contributed by atoms with van der Waals surface area (Å²) in [5.41, 5.74) is 3.20. The summed E-state index contributed by atoms with van der Waals surface area (Å²) in [7, 11) is 0. The van der Waals surface area contributed by atoms with Crippen LogP contribution in [0.25, 0.3) is 0 Å². The molecule has 0 saturated carbocycles. The first-order valence-electron chi connectivity index (χ1n) is 6.09. The largest absolute Gasteiger partial charge is 0.410 e. The van der Waals surface area contributed by atoms with Gasteiger partial charge >= 0.3 is 0 Å². The van der Waals surface area contributed by atoms with Gasteiger partial charge in [-0.2, -0.15) is 0 Å². The van der Waals surface area contributed by atoms with Crippen molar-refractivity contribution in [3.63, 3.8) is 0 Å². The van der Waals surface area contributed by atoms with Crippen LogP contribution >= 0.6 is 11.6 Å². The molecule has 100 valence electrons. The molecule has 0 bridgehead atoms. The first-order chi connectivity index (χ1) is 8.05. The van der Waals surface area contributed by atoms with Gasteiger partial charge in [0.05, 0.1) is 0 Å². The number of oxime groups is 1. The Balaban J connectivity index is 3.49. The fourth-order valence-electron chi connectivity index (χ4n) is 1.67. The van der Waals surface area contributed by atoms with Crippen LogP contribution in [0.2, 0.25) is 0 Å². The zero-order valence-electron chi connectivity index (χ0n) is 12.0. The summed E-state index contributed by atoms with van der Waals surface area (Å²) >= 11 is 5.93.